The summed E-state index contributed by atoms with van der Waals surface area (Å²) in [5.41, 5.74) is 9.12. The Balaban J connectivity index is 2.04. The molecule has 5 heteroatoms. The molecule has 1 fully saturated rings. The van der Waals surface area contributed by atoms with Crippen LogP contribution < -0.4 is 15.2 Å². The minimum absolute atomic E-state index is 0.454. The zero-order valence-electron chi connectivity index (χ0n) is 16.3. The molecular weight excluding hydrogens is 344 g/mol. The molecule has 1 atom stereocenters. The Morgan fingerprint density at radius 2 is 1.73 bits per heavy atom. The lowest BCUT2D eigenvalue weighted by atomic mass is 9.85. The van der Waals surface area contributed by atoms with E-state index in [9.17, 15) is 0 Å². The topological polar surface area (TPSA) is 57.4 Å². The Bertz CT molecular complexity index is 749. The first-order valence-corrected chi connectivity index (χ1v) is 10.4. The molecule has 3 rings (SSSR count). The van der Waals surface area contributed by atoms with Crippen molar-refractivity contribution >= 4 is 16.5 Å². The molecule has 0 saturated heterocycles. The number of benzene rings is 1. The number of aromatic nitrogens is 1. The number of aryl methyl sites for hydroxylation is 1. The zero-order valence-corrected chi connectivity index (χ0v) is 17.1. The number of nitrogens with two attached hydrogens (primary N) is 1. The average molecular weight is 375 g/mol. The van der Waals surface area contributed by atoms with Crippen molar-refractivity contribution in [1.29, 1.82) is 0 Å². The third-order valence-corrected chi connectivity index (χ3v) is 6.75. The van der Waals surface area contributed by atoms with Crippen molar-refractivity contribution < 1.29 is 9.47 Å². The Kier molecular flexibility index (Phi) is 6.07. The second-order valence-electron chi connectivity index (χ2n) is 7.33. The molecule has 1 heterocycles. The largest absolute Gasteiger partial charge is 0.496 e. The summed E-state index contributed by atoms with van der Waals surface area (Å²) in [5, 5.41) is 0.622. The Labute approximate surface area is 160 Å². The van der Waals surface area contributed by atoms with Crippen molar-refractivity contribution in [2.75, 3.05) is 20.0 Å². The lowest BCUT2D eigenvalue weighted by molar-refractivity contribution is 0.396. The molecule has 0 bridgehead atoms. The van der Waals surface area contributed by atoms with Crippen LogP contribution in [0, 0.1) is 12.8 Å². The van der Waals surface area contributed by atoms with Crippen molar-refractivity contribution in [3.05, 3.63) is 22.6 Å². The van der Waals surface area contributed by atoms with Gasteiger partial charge in [0.25, 0.3) is 0 Å². The molecule has 1 aliphatic carbocycles. The van der Waals surface area contributed by atoms with Gasteiger partial charge in [0.05, 0.1) is 19.9 Å². The lowest BCUT2D eigenvalue weighted by Gasteiger charge is -2.22. The minimum atomic E-state index is 0.454. The van der Waals surface area contributed by atoms with Gasteiger partial charge < -0.3 is 15.2 Å². The second-order valence-corrected chi connectivity index (χ2v) is 8.39. The van der Waals surface area contributed by atoms with E-state index in [-0.39, 0.29) is 0 Å². The van der Waals surface area contributed by atoms with Gasteiger partial charge in [-0.15, -0.1) is 11.3 Å². The number of hydrogen-bond donors (Lipinski definition) is 1. The van der Waals surface area contributed by atoms with Gasteiger partial charge in [0.1, 0.15) is 11.5 Å². The number of nitrogen functional groups attached to an aromatic ring is 1. The quantitative estimate of drug-likeness (QED) is 0.673. The normalized spacial score (nSPS) is 16.9. The molecule has 2 aromatic rings. The summed E-state index contributed by atoms with van der Waals surface area (Å²) in [5.74, 6) is 2.83. The average Bonchev–Trinajstić information content (AvgIpc) is 2.85. The Morgan fingerprint density at radius 1 is 1.08 bits per heavy atom. The molecule has 1 saturated carbocycles. The van der Waals surface area contributed by atoms with Gasteiger partial charge in [0.2, 0.25) is 0 Å². The van der Waals surface area contributed by atoms with Gasteiger partial charge in [-0.05, 0) is 49.3 Å². The monoisotopic (exact) mass is 374 g/mol. The summed E-state index contributed by atoms with van der Waals surface area (Å²) >= 11 is 1.62. The van der Waals surface area contributed by atoms with Crippen molar-refractivity contribution in [1.82, 2.24) is 4.98 Å². The Hall–Kier alpha value is -1.75. The molecule has 1 aromatic carbocycles. The van der Waals surface area contributed by atoms with Crippen LogP contribution in [0.4, 0.5) is 5.13 Å². The number of hydrogen-bond acceptors (Lipinski definition) is 5. The molecule has 0 radical (unpaired) electrons. The fourth-order valence-electron chi connectivity index (χ4n) is 4.11. The highest BCUT2D eigenvalue weighted by Crippen LogP contribution is 2.45. The van der Waals surface area contributed by atoms with Gasteiger partial charge >= 0.3 is 0 Å². The summed E-state index contributed by atoms with van der Waals surface area (Å²) in [7, 11) is 3.40. The predicted molar refractivity (Wildman–Crippen MR) is 109 cm³/mol. The highest BCUT2D eigenvalue weighted by molar-refractivity contribution is 7.15. The van der Waals surface area contributed by atoms with Gasteiger partial charge in [-0.1, -0.05) is 32.6 Å². The zero-order chi connectivity index (χ0) is 18.7. The smallest absolute Gasteiger partial charge is 0.180 e. The summed E-state index contributed by atoms with van der Waals surface area (Å²) in [4.78, 5) is 5.97. The van der Waals surface area contributed by atoms with Crippen molar-refractivity contribution in [2.45, 2.75) is 58.3 Å². The van der Waals surface area contributed by atoms with E-state index in [0.29, 0.717) is 17.0 Å². The van der Waals surface area contributed by atoms with Crippen LogP contribution in [0.3, 0.4) is 0 Å². The van der Waals surface area contributed by atoms with E-state index in [1.165, 1.54) is 43.4 Å². The molecule has 1 aromatic heterocycles. The minimum Gasteiger partial charge on any atom is -0.496 e. The fraction of sp³-hybridized carbons (Fsp3) is 0.571. The van der Waals surface area contributed by atoms with E-state index in [4.69, 9.17) is 20.2 Å². The third-order valence-electron chi connectivity index (χ3n) is 5.66. The summed E-state index contributed by atoms with van der Waals surface area (Å²) in [6.45, 7) is 4.36. The second kappa shape index (κ2) is 8.30. The maximum absolute atomic E-state index is 6.14. The van der Waals surface area contributed by atoms with Crippen molar-refractivity contribution in [3.63, 3.8) is 0 Å². The first kappa shape index (κ1) is 19.0. The van der Waals surface area contributed by atoms with Crippen LogP contribution in [0.25, 0.3) is 11.3 Å². The molecule has 0 aliphatic heterocycles. The number of nitrogens with zero attached hydrogens (tertiary/aromatic N) is 1. The molecule has 0 spiro atoms. The van der Waals surface area contributed by atoms with E-state index < -0.39 is 0 Å². The number of methoxy groups -OCH3 is 2. The molecule has 142 valence electrons. The predicted octanol–water partition coefficient (Wildman–Crippen LogP) is 5.79. The summed E-state index contributed by atoms with van der Waals surface area (Å²) in [6, 6.07) is 4.05. The van der Waals surface area contributed by atoms with Crippen LogP contribution in [-0.4, -0.2) is 19.2 Å². The van der Waals surface area contributed by atoms with Crippen LogP contribution in [0.5, 0.6) is 11.5 Å². The highest BCUT2D eigenvalue weighted by Gasteiger charge is 2.27. The van der Waals surface area contributed by atoms with Gasteiger partial charge in [0.15, 0.2) is 5.13 Å². The van der Waals surface area contributed by atoms with Crippen molar-refractivity contribution in [2.24, 2.45) is 5.92 Å². The maximum Gasteiger partial charge on any atom is 0.180 e. The van der Waals surface area contributed by atoms with E-state index in [1.807, 2.05) is 19.1 Å². The molecule has 1 unspecified atom stereocenters. The molecule has 1 aliphatic rings. The molecule has 4 nitrogen and oxygen atoms in total. The van der Waals surface area contributed by atoms with E-state index in [2.05, 4.69) is 6.92 Å². The van der Waals surface area contributed by atoms with Gasteiger partial charge in [-0.3, -0.25) is 0 Å². The van der Waals surface area contributed by atoms with Crippen LogP contribution in [0.2, 0.25) is 0 Å². The summed E-state index contributed by atoms with van der Waals surface area (Å²) in [6.07, 6.45) is 7.99. The molecular formula is C21H30N2O2S. The summed E-state index contributed by atoms with van der Waals surface area (Å²) < 4.78 is 11.2. The van der Waals surface area contributed by atoms with Crippen LogP contribution in [0.1, 0.15) is 61.8 Å². The molecule has 26 heavy (non-hydrogen) atoms. The SMILES string of the molecule is COc1cc(-c2nc(N)sc2C(C)C2CCCCCC2)c(OC)cc1C. The van der Waals surface area contributed by atoms with Crippen molar-refractivity contribution in [3.8, 4) is 22.8 Å². The fourth-order valence-corrected chi connectivity index (χ4v) is 5.10. The van der Waals surface area contributed by atoms with Crippen LogP contribution in [-0.2, 0) is 0 Å². The van der Waals surface area contributed by atoms with Crippen LogP contribution >= 0.6 is 11.3 Å². The highest BCUT2D eigenvalue weighted by atomic mass is 32.1. The number of thiazole rings is 1. The van der Waals surface area contributed by atoms with Crippen LogP contribution in [0.15, 0.2) is 12.1 Å². The molecule has 0 amide bonds. The number of rotatable bonds is 5. The maximum atomic E-state index is 6.14. The standard InChI is InChI=1S/C21H30N2O2S/c1-13-11-18(25-4)16(12-17(13)24-3)19-20(26-21(22)23-19)14(2)15-9-7-5-6-8-10-15/h11-12,14-15H,5-10H2,1-4H3,(H2,22,23). The number of ether oxygens (including phenoxy) is 2. The van der Waals surface area contributed by atoms with Gasteiger partial charge in [-0.25, -0.2) is 4.98 Å². The van der Waals surface area contributed by atoms with E-state index in [1.54, 1.807) is 25.6 Å². The van der Waals surface area contributed by atoms with Gasteiger partial charge in [0, 0.05) is 10.4 Å². The van der Waals surface area contributed by atoms with E-state index in [0.717, 1.165) is 28.3 Å². The van der Waals surface area contributed by atoms with E-state index >= 15 is 0 Å². The van der Waals surface area contributed by atoms with Gasteiger partial charge in [-0.2, -0.15) is 0 Å². The lowest BCUT2D eigenvalue weighted by Crippen LogP contribution is -2.09. The third kappa shape index (κ3) is 3.83. The molecule has 2 N–H and O–H groups in total. The first-order chi connectivity index (χ1) is 12.5. The first-order valence-electron chi connectivity index (χ1n) is 9.54. The number of anilines is 1. The Morgan fingerprint density at radius 3 is 2.35 bits per heavy atom.